The van der Waals surface area contributed by atoms with E-state index in [1.807, 2.05) is 12.1 Å². The van der Waals surface area contributed by atoms with Crippen LogP contribution in [0.4, 0.5) is 0 Å². The van der Waals surface area contributed by atoms with Gasteiger partial charge in [-0.1, -0.05) is 0 Å². The average molecular weight is 208 g/mol. The van der Waals surface area contributed by atoms with Crippen LogP contribution < -0.4 is 5.32 Å². The smallest absolute Gasteiger partial charge is 0.117 e. The van der Waals surface area contributed by atoms with E-state index in [0.717, 1.165) is 18.8 Å². The maximum atomic E-state index is 5.37. The Kier molecular flexibility index (Phi) is 3.80. The van der Waals surface area contributed by atoms with Crippen LogP contribution in [0.3, 0.4) is 0 Å². The first kappa shape index (κ1) is 10.7. The molecule has 1 atom stereocenters. The summed E-state index contributed by atoms with van der Waals surface area (Å²) in [6, 6.07) is 4.70. The number of nitrogens with zero attached hydrogens (tertiary/aromatic N) is 1. The summed E-state index contributed by atoms with van der Waals surface area (Å²) in [5.74, 6) is 1.06. The minimum absolute atomic E-state index is 0.699. The lowest BCUT2D eigenvalue weighted by Gasteiger charge is -2.25. The number of hydrogen-bond acceptors (Lipinski definition) is 3. The van der Waals surface area contributed by atoms with Gasteiger partial charge in [0.2, 0.25) is 0 Å². The van der Waals surface area contributed by atoms with E-state index in [2.05, 4.69) is 17.3 Å². The largest absolute Gasteiger partial charge is 0.468 e. The van der Waals surface area contributed by atoms with Gasteiger partial charge >= 0.3 is 0 Å². The van der Waals surface area contributed by atoms with Crippen molar-refractivity contribution >= 4 is 0 Å². The minimum Gasteiger partial charge on any atom is -0.468 e. The van der Waals surface area contributed by atoms with Gasteiger partial charge in [-0.2, -0.15) is 0 Å². The quantitative estimate of drug-likeness (QED) is 0.821. The summed E-state index contributed by atoms with van der Waals surface area (Å²) in [7, 11) is 2.19. The first-order chi connectivity index (χ1) is 7.36. The van der Waals surface area contributed by atoms with Gasteiger partial charge in [0.25, 0.3) is 0 Å². The molecule has 1 unspecified atom stereocenters. The summed E-state index contributed by atoms with van der Waals surface area (Å²) in [5.41, 5.74) is 0. The number of furan rings is 1. The van der Waals surface area contributed by atoms with Gasteiger partial charge in [0.15, 0.2) is 0 Å². The van der Waals surface area contributed by atoms with Crippen LogP contribution in [0, 0.1) is 0 Å². The Bertz CT molecular complexity index is 263. The summed E-state index contributed by atoms with van der Waals surface area (Å²) in [6.45, 7) is 3.25. The fraction of sp³-hybridized carbons (Fsp3) is 0.667. The Morgan fingerprint density at radius 2 is 2.40 bits per heavy atom. The van der Waals surface area contributed by atoms with E-state index in [1.54, 1.807) is 6.26 Å². The Labute approximate surface area is 91.4 Å². The highest BCUT2D eigenvalue weighted by Crippen LogP contribution is 2.14. The molecule has 2 heterocycles. The SMILES string of the molecule is CN(Cc1ccco1)C1CCCNCC1. The molecule has 1 N–H and O–H groups in total. The van der Waals surface area contributed by atoms with E-state index in [-0.39, 0.29) is 0 Å². The third-order valence-corrected chi connectivity index (χ3v) is 3.15. The third-order valence-electron chi connectivity index (χ3n) is 3.15. The fourth-order valence-corrected chi connectivity index (χ4v) is 2.22. The highest BCUT2D eigenvalue weighted by atomic mass is 16.3. The molecule has 1 aromatic rings. The molecule has 0 aliphatic carbocycles. The maximum absolute atomic E-state index is 5.37. The molecule has 1 fully saturated rings. The van der Waals surface area contributed by atoms with Crippen LogP contribution >= 0.6 is 0 Å². The lowest BCUT2D eigenvalue weighted by molar-refractivity contribution is 0.201. The van der Waals surface area contributed by atoms with E-state index in [0.29, 0.717) is 6.04 Å². The Morgan fingerprint density at radius 3 is 3.20 bits per heavy atom. The minimum atomic E-state index is 0.699. The zero-order valence-corrected chi connectivity index (χ0v) is 9.41. The standard InChI is InChI=1S/C12H20N2O/c1-14(10-12-5-3-9-15-12)11-4-2-7-13-8-6-11/h3,5,9,11,13H,2,4,6-8,10H2,1H3. The van der Waals surface area contributed by atoms with Crippen molar-refractivity contribution in [3.8, 4) is 0 Å². The van der Waals surface area contributed by atoms with E-state index in [9.17, 15) is 0 Å². The molecule has 3 nitrogen and oxygen atoms in total. The molecule has 2 rings (SSSR count). The first-order valence-electron chi connectivity index (χ1n) is 5.79. The molecule has 1 saturated heterocycles. The van der Waals surface area contributed by atoms with Crippen molar-refractivity contribution < 1.29 is 4.42 Å². The fourth-order valence-electron chi connectivity index (χ4n) is 2.22. The molecular weight excluding hydrogens is 188 g/mol. The summed E-state index contributed by atoms with van der Waals surface area (Å²) < 4.78 is 5.37. The van der Waals surface area contributed by atoms with Gasteiger partial charge in [0.05, 0.1) is 12.8 Å². The molecule has 0 aromatic carbocycles. The lowest BCUT2D eigenvalue weighted by Crippen LogP contribution is -2.31. The molecule has 1 aliphatic rings. The van der Waals surface area contributed by atoms with Crippen LogP contribution in [-0.4, -0.2) is 31.1 Å². The van der Waals surface area contributed by atoms with Gasteiger partial charge in [-0.05, 0) is 51.5 Å². The van der Waals surface area contributed by atoms with Crippen LogP contribution in [0.2, 0.25) is 0 Å². The third kappa shape index (κ3) is 3.08. The van der Waals surface area contributed by atoms with Gasteiger partial charge in [-0.15, -0.1) is 0 Å². The van der Waals surface area contributed by atoms with Crippen LogP contribution in [-0.2, 0) is 6.54 Å². The molecule has 0 saturated carbocycles. The van der Waals surface area contributed by atoms with Gasteiger partial charge in [-0.3, -0.25) is 4.90 Å². The Balaban J connectivity index is 1.86. The second-order valence-electron chi connectivity index (χ2n) is 4.33. The highest BCUT2D eigenvalue weighted by Gasteiger charge is 2.17. The topological polar surface area (TPSA) is 28.4 Å². The average Bonchev–Trinajstić information content (AvgIpc) is 2.58. The molecule has 3 heteroatoms. The van der Waals surface area contributed by atoms with E-state index in [1.165, 1.54) is 25.8 Å². The van der Waals surface area contributed by atoms with Gasteiger partial charge in [0, 0.05) is 6.04 Å². The molecule has 1 aliphatic heterocycles. The highest BCUT2D eigenvalue weighted by molar-refractivity contribution is 4.98. The van der Waals surface area contributed by atoms with E-state index >= 15 is 0 Å². The molecule has 0 spiro atoms. The molecular formula is C12H20N2O. The second kappa shape index (κ2) is 5.33. The Hall–Kier alpha value is -0.800. The predicted molar refractivity (Wildman–Crippen MR) is 60.7 cm³/mol. The lowest BCUT2D eigenvalue weighted by atomic mass is 10.1. The van der Waals surface area contributed by atoms with E-state index < -0.39 is 0 Å². The van der Waals surface area contributed by atoms with Crippen molar-refractivity contribution in [1.82, 2.24) is 10.2 Å². The van der Waals surface area contributed by atoms with Crippen molar-refractivity contribution in [1.29, 1.82) is 0 Å². The summed E-state index contributed by atoms with van der Waals surface area (Å²) in [6.07, 6.45) is 5.58. The molecule has 0 bridgehead atoms. The summed E-state index contributed by atoms with van der Waals surface area (Å²) in [4.78, 5) is 2.41. The van der Waals surface area contributed by atoms with Crippen molar-refractivity contribution in [3.63, 3.8) is 0 Å². The monoisotopic (exact) mass is 208 g/mol. The molecule has 0 radical (unpaired) electrons. The van der Waals surface area contributed by atoms with Gasteiger partial charge in [0.1, 0.15) is 5.76 Å². The molecule has 84 valence electrons. The van der Waals surface area contributed by atoms with Gasteiger partial charge in [-0.25, -0.2) is 0 Å². The van der Waals surface area contributed by atoms with Crippen LogP contribution in [0.15, 0.2) is 22.8 Å². The second-order valence-corrected chi connectivity index (χ2v) is 4.33. The van der Waals surface area contributed by atoms with Crippen molar-refractivity contribution in [2.45, 2.75) is 31.8 Å². The van der Waals surface area contributed by atoms with Crippen LogP contribution in [0.25, 0.3) is 0 Å². The van der Waals surface area contributed by atoms with Crippen molar-refractivity contribution in [3.05, 3.63) is 24.2 Å². The zero-order chi connectivity index (χ0) is 10.5. The summed E-state index contributed by atoms with van der Waals surface area (Å²) >= 11 is 0. The van der Waals surface area contributed by atoms with Crippen molar-refractivity contribution in [2.75, 3.05) is 20.1 Å². The first-order valence-corrected chi connectivity index (χ1v) is 5.79. The van der Waals surface area contributed by atoms with Crippen LogP contribution in [0.5, 0.6) is 0 Å². The molecule has 1 aromatic heterocycles. The van der Waals surface area contributed by atoms with Crippen LogP contribution in [0.1, 0.15) is 25.0 Å². The number of hydrogen-bond donors (Lipinski definition) is 1. The normalized spacial score (nSPS) is 22.9. The predicted octanol–water partition coefficient (Wildman–Crippen LogP) is 1.85. The zero-order valence-electron chi connectivity index (χ0n) is 9.41. The molecule has 15 heavy (non-hydrogen) atoms. The Morgan fingerprint density at radius 1 is 1.47 bits per heavy atom. The van der Waals surface area contributed by atoms with Crippen molar-refractivity contribution in [2.24, 2.45) is 0 Å². The number of nitrogens with one attached hydrogen (secondary N) is 1. The summed E-state index contributed by atoms with van der Waals surface area (Å²) in [5, 5.41) is 3.44. The van der Waals surface area contributed by atoms with Gasteiger partial charge < -0.3 is 9.73 Å². The maximum Gasteiger partial charge on any atom is 0.117 e. The van der Waals surface area contributed by atoms with E-state index in [4.69, 9.17) is 4.42 Å². The molecule has 0 amide bonds. The number of rotatable bonds is 3.